The first-order chi connectivity index (χ1) is 13.7. The number of fused-ring (bicyclic) bond motifs is 2. The van der Waals surface area contributed by atoms with E-state index in [2.05, 4.69) is 32.2 Å². The minimum atomic E-state index is 0.173. The van der Waals surface area contributed by atoms with Gasteiger partial charge >= 0.3 is 0 Å². The topological polar surface area (TPSA) is 63.5 Å². The lowest BCUT2D eigenvalue weighted by atomic mass is 9.96. The zero-order valence-corrected chi connectivity index (χ0v) is 16.3. The molecule has 2 aromatic rings. The molecule has 0 spiro atoms. The zero-order chi connectivity index (χ0) is 19.1. The van der Waals surface area contributed by atoms with Gasteiger partial charge in [0.2, 0.25) is 0 Å². The third-order valence-corrected chi connectivity index (χ3v) is 6.72. The van der Waals surface area contributed by atoms with E-state index in [1.807, 2.05) is 23.0 Å². The molecule has 3 aliphatic heterocycles. The number of piperidine rings is 1. The summed E-state index contributed by atoms with van der Waals surface area (Å²) in [7, 11) is 1.77. The molecule has 1 aromatic carbocycles. The number of rotatable bonds is 4. The Bertz CT molecular complexity index is 808. The highest BCUT2D eigenvalue weighted by atomic mass is 16.5. The van der Waals surface area contributed by atoms with Crippen LogP contribution in [0, 0.1) is 0 Å². The van der Waals surface area contributed by atoms with Crippen molar-refractivity contribution < 1.29 is 9.53 Å². The van der Waals surface area contributed by atoms with Crippen LogP contribution in [0.15, 0.2) is 36.7 Å². The molecular weight excluding hydrogens is 354 g/mol. The van der Waals surface area contributed by atoms with E-state index in [4.69, 9.17) is 4.74 Å². The van der Waals surface area contributed by atoms with E-state index < -0.39 is 0 Å². The number of hydrogen-bond donors (Lipinski definition) is 0. The number of nitrogens with zero attached hydrogens (tertiary/aromatic N) is 5. The molecule has 0 N–H and O–H groups in total. The lowest BCUT2D eigenvalue weighted by molar-refractivity contribution is 0.0523. The van der Waals surface area contributed by atoms with Crippen LogP contribution in [0.2, 0.25) is 0 Å². The molecule has 3 saturated heterocycles. The van der Waals surface area contributed by atoms with Gasteiger partial charge in [0, 0.05) is 49.7 Å². The monoisotopic (exact) mass is 381 g/mol. The van der Waals surface area contributed by atoms with E-state index in [1.54, 1.807) is 13.3 Å². The van der Waals surface area contributed by atoms with Crippen LogP contribution >= 0.6 is 0 Å². The van der Waals surface area contributed by atoms with Crippen LogP contribution in [-0.4, -0.2) is 64.2 Å². The van der Waals surface area contributed by atoms with Gasteiger partial charge in [0.25, 0.3) is 5.91 Å². The summed E-state index contributed by atoms with van der Waals surface area (Å²) in [5.41, 5.74) is 1.96. The molecular formula is C21H27N5O2. The number of carbonyl (C=O) groups is 1. The van der Waals surface area contributed by atoms with Gasteiger partial charge in [-0.25, -0.2) is 4.68 Å². The van der Waals surface area contributed by atoms with E-state index in [9.17, 15) is 4.79 Å². The van der Waals surface area contributed by atoms with Crippen LogP contribution in [0.25, 0.3) is 0 Å². The third-order valence-electron chi connectivity index (χ3n) is 6.72. The normalized spacial score (nSPS) is 29.5. The second-order valence-corrected chi connectivity index (χ2v) is 8.24. The molecule has 7 nitrogen and oxygen atoms in total. The van der Waals surface area contributed by atoms with Crippen LogP contribution in [-0.2, 0) is 4.74 Å². The van der Waals surface area contributed by atoms with Gasteiger partial charge in [-0.15, -0.1) is 5.10 Å². The number of carbonyl (C=O) groups excluding carboxylic acids is 1. The minimum Gasteiger partial charge on any atom is -0.380 e. The smallest absolute Gasteiger partial charge is 0.254 e. The van der Waals surface area contributed by atoms with Gasteiger partial charge in [-0.2, -0.15) is 0 Å². The van der Waals surface area contributed by atoms with Gasteiger partial charge in [-0.1, -0.05) is 5.21 Å². The van der Waals surface area contributed by atoms with Crippen LogP contribution in [0.5, 0.6) is 0 Å². The molecule has 5 rings (SSSR count). The Morgan fingerprint density at radius 3 is 2.43 bits per heavy atom. The SMILES string of the molecule is COC1CCN(c2ccc(C(=O)N3C4CCC3CC(n3ccnn3)C4)cc2)C1. The number of aromatic nitrogens is 3. The Labute approximate surface area is 165 Å². The fourth-order valence-corrected chi connectivity index (χ4v) is 5.23. The summed E-state index contributed by atoms with van der Waals surface area (Å²) >= 11 is 0. The number of benzene rings is 1. The maximum absolute atomic E-state index is 13.2. The molecule has 4 heterocycles. The number of ether oxygens (including phenoxy) is 1. The van der Waals surface area contributed by atoms with Crippen molar-refractivity contribution in [3.05, 3.63) is 42.2 Å². The number of anilines is 1. The summed E-state index contributed by atoms with van der Waals surface area (Å²) in [4.78, 5) is 17.7. The van der Waals surface area contributed by atoms with Crippen molar-refractivity contribution in [2.45, 2.75) is 56.3 Å². The standard InChI is InChI=1S/C21H27N5O2/c1-28-20-8-10-24(14-20)16-4-2-15(3-5-16)21(27)26-17-6-7-18(26)13-19(12-17)25-11-9-22-23-25/h2-5,9,11,17-20H,6-8,10,12-14H2,1H3. The van der Waals surface area contributed by atoms with Crippen LogP contribution in [0.1, 0.15) is 48.5 Å². The summed E-state index contributed by atoms with van der Waals surface area (Å²) in [6.07, 6.45) is 9.15. The Hall–Kier alpha value is -2.41. The molecule has 7 heteroatoms. The molecule has 1 amide bonds. The van der Waals surface area contributed by atoms with Crippen molar-refractivity contribution in [2.75, 3.05) is 25.1 Å². The number of hydrogen-bond acceptors (Lipinski definition) is 5. The average Bonchev–Trinajstić information content (AvgIpc) is 3.47. The molecule has 3 atom stereocenters. The molecule has 0 aliphatic carbocycles. The summed E-state index contributed by atoms with van der Waals surface area (Å²) in [5, 5.41) is 8.11. The molecule has 1 aromatic heterocycles. The van der Waals surface area contributed by atoms with Gasteiger partial charge in [0.15, 0.2) is 0 Å². The predicted octanol–water partition coefficient (Wildman–Crippen LogP) is 2.51. The average molecular weight is 381 g/mol. The first-order valence-electron chi connectivity index (χ1n) is 10.3. The van der Waals surface area contributed by atoms with Crippen molar-refractivity contribution in [1.29, 1.82) is 0 Å². The second-order valence-electron chi connectivity index (χ2n) is 8.24. The molecule has 3 aliphatic rings. The molecule has 3 fully saturated rings. The third kappa shape index (κ3) is 3.07. The van der Waals surface area contributed by atoms with Crippen LogP contribution in [0.4, 0.5) is 5.69 Å². The molecule has 3 unspecified atom stereocenters. The highest BCUT2D eigenvalue weighted by Crippen LogP contribution is 2.41. The highest BCUT2D eigenvalue weighted by Gasteiger charge is 2.44. The van der Waals surface area contributed by atoms with Crippen molar-refractivity contribution in [3.8, 4) is 0 Å². The fraction of sp³-hybridized carbons (Fsp3) is 0.571. The van der Waals surface area contributed by atoms with E-state index in [1.165, 1.54) is 5.69 Å². The molecule has 148 valence electrons. The Balaban J connectivity index is 1.28. The molecule has 0 saturated carbocycles. The Morgan fingerprint density at radius 2 is 1.82 bits per heavy atom. The second kappa shape index (κ2) is 7.20. The van der Waals surface area contributed by atoms with Crippen LogP contribution in [0.3, 0.4) is 0 Å². The maximum Gasteiger partial charge on any atom is 0.254 e. The van der Waals surface area contributed by atoms with E-state index >= 15 is 0 Å². The van der Waals surface area contributed by atoms with Gasteiger partial charge in [0.05, 0.1) is 18.3 Å². The maximum atomic E-state index is 13.2. The Kier molecular flexibility index (Phi) is 4.55. The minimum absolute atomic E-state index is 0.173. The van der Waals surface area contributed by atoms with E-state index in [-0.39, 0.29) is 5.91 Å². The summed E-state index contributed by atoms with van der Waals surface area (Å²) in [6.45, 7) is 1.93. The lowest BCUT2D eigenvalue weighted by Crippen LogP contribution is -2.47. The molecule has 2 bridgehead atoms. The quantitative estimate of drug-likeness (QED) is 0.814. The first kappa shape index (κ1) is 17.7. The van der Waals surface area contributed by atoms with Crippen molar-refractivity contribution in [3.63, 3.8) is 0 Å². The van der Waals surface area contributed by atoms with Crippen LogP contribution < -0.4 is 4.90 Å². The van der Waals surface area contributed by atoms with Gasteiger partial charge in [-0.05, 0) is 56.4 Å². The summed E-state index contributed by atoms with van der Waals surface area (Å²) in [6, 6.07) is 9.10. The van der Waals surface area contributed by atoms with Gasteiger partial charge in [0.1, 0.15) is 0 Å². The molecule has 0 radical (unpaired) electrons. The van der Waals surface area contributed by atoms with Gasteiger partial charge in [-0.3, -0.25) is 4.79 Å². The van der Waals surface area contributed by atoms with Gasteiger partial charge < -0.3 is 14.5 Å². The highest BCUT2D eigenvalue weighted by molar-refractivity contribution is 5.95. The summed E-state index contributed by atoms with van der Waals surface area (Å²) in [5.74, 6) is 0.173. The van der Waals surface area contributed by atoms with Crippen molar-refractivity contribution >= 4 is 11.6 Å². The van der Waals surface area contributed by atoms with E-state index in [0.717, 1.165) is 50.8 Å². The largest absolute Gasteiger partial charge is 0.380 e. The zero-order valence-electron chi connectivity index (χ0n) is 16.3. The van der Waals surface area contributed by atoms with E-state index in [0.29, 0.717) is 24.2 Å². The molecule has 28 heavy (non-hydrogen) atoms. The number of methoxy groups -OCH3 is 1. The number of amides is 1. The first-order valence-corrected chi connectivity index (χ1v) is 10.3. The predicted molar refractivity (Wildman–Crippen MR) is 105 cm³/mol. The Morgan fingerprint density at radius 1 is 1.07 bits per heavy atom. The van der Waals surface area contributed by atoms with Crippen molar-refractivity contribution in [1.82, 2.24) is 19.9 Å². The summed E-state index contributed by atoms with van der Waals surface area (Å²) < 4.78 is 7.42. The van der Waals surface area contributed by atoms with Crippen molar-refractivity contribution in [2.24, 2.45) is 0 Å². The fourth-order valence-electron chi connectivity index (χ4n) is 5.23. The lowest BCUT2D eigenvalue weighted by Gasteiger charge is -2.39.